The smallest absolute Gasteiger partial charge is 0.134 e. The largest absolute Gasteiger partial charge is 0.268 e. The number of aromatic nitrogens is 2. The normalized spacial score (nSPS) is 11.0. The molecule has 0 fully saturated rings. The highest BCUT2D eigenvalue weighted by Crippen LogP contribution is 2.19. The first-order valence-electron chi connectivity index (χ1n) is 4.32. The van der Waals surface area contributed by atoms with Crippen LogP contribution >= 0.6 is 0 Å². The van der Waals surface area contributed by atoms with Gasteiger partial charge in [-0.3, -0.25) is 4.68 Å². The average molecular weight is 178 g/mol. The van der Waals surface area contributed by atoms with Crippen LogP contribution in [0.4, 0.5) is 4.39 Å². The van der Waals surface area contributed by atoms with E-state index in [4.69, 9.17) is 0 Å². The summed E-state index contributed by atoms with van der Waals surface area (Å²) in [7, 11) is 1.82. The quantitative estimate of drug-likeness (QED) is 0.655. The van der Waals surface area contributed by atoms with Crippen molar-refractivity contribution in [2.45, 2.75) is 13.3 Å². The molecule has 0 aliphatic heterocycles. The number of benzene rings is 1. The maximum Gasteiger partial charge on any atom is 0.134 e. The average Bonchev–Trinajstić information content (AvgIpc) is 2.48. The Hall–Kier alpha value is -1.38. The first kappa shape index (κ1) is 8.23. The molecule has 0 spiro atoms. The van der Waals surface area contributed by atoms with Gasteiger partial charge in [-0.2, -0.15) is 5.10 Å². The van der Waals surface area contributed by atoms with Crippen LogP contribution in [0.1, 0.15) is 12.5 Å². The standard InChI is InChI=1S/C10H11FN2/c1-3-7-4-9(11)8-6-12-13(2)10(8)5-7/h4-6H,3H2,1-2H3. The summed E-state index contributed by atoms with van der Waals surface area (Å²) in [4.78, 5) is 0. The van der Waals surface area contributed by atoms with Gasteiger partial charge in [0.15, 0.2) is 0 Å². The molecular formula is C10H11FN2. The van der Waals surface area contributed by atoms with Crippen LogP contribution in [0.3, 0.4) is 0 Å². The Morgan fingerprint density at radius 1 is 1.46 bits per heavy atom. The van der Waals surface area contributed by atoms with Crippen molar-refractivity contribution >= 4 is 10.9 Å². The van der Waals surface area contributed by atoms with Crippen molar-refractivity contribution in [3.8, 4) is 0 Å². The number of rotatable bonds is 1. The van der Waals surface area contributed by atoms with Gasteiger partial charge in [0, 0.05) is 7.05 Å². The summed E-state index contributed by atoms with van der Waals surface area (Å²) >= 11 is 0. The second kappa shape index (κ2) is 2.83. The number of aryl methyl sites for hydroxylation is 2. The summed E-state index contributed by atoms with van der Waals surface area (Å²) in [6, 6.07) is 3.55. The van der Waals surface area contributed by atoms with Gasteiger partial charge in [0.1, 0.15) is 5.82 Å². The lowest BCUT2D eigenvalue weighted by Gasteiger charge is -1.99. The van der Waals surface area contributed by atoms with Gasteiger partial charge in [-0.05, 0) is 24.1 Å². The van der Waals surface area contributed by atoms with E-state index >= 15 is 0 Å². The third-order valence-electron chi connectivity index (χ3n) is 2.28. The van der Waals surface area contributed by atoms with Crippen molar-refractivity contribution in [3.05, 3.63) is 29.7 Å². The Labute approximate surface area is 76.0 Å². The molecule has 0 aliphatic carbocycles. The summed E-state index contributed by atoms with van der Waals surface area (Å²) in [5, 5.41) is 4.61. The van der Waals surface area contributed by atoms with Gasteiger partial charge in [0.2, 0.25) is 0 Å². The minimum absolute atomic E-state index is 0.178. The fourth-order valence-corrected chi connectivity index (χ4v) is 1.46. The Morgan fingerprint density at radius 2 is 2.23 bits per heavy atom. The second-order valence-electron chi connectivity index (χ2n) is 3.13. The monoisotopic (exact) mass is 178 g/mol. The molecule has 2 aromatic rings. The molecule has 68 valence electrons. The molecule has 0 N–H and O–H groups in total. The van der Waals surface area contributed by atoms with Crippen LogP contribution < -0.4 is 0 Å². The third-order valence-corrected chi connectivity index (χ3v) is 2.28. The molecule has 0 amide bonds. The Balaban J connectivity index is 2.80. The number of hydrogen-bond donors (Lipinski definition) is 0. The van der Waals surface area contributed by atoms with Gasteiger partial charge < -0.3 is 0 Å². The van der Waals surface area contributed by atoms with Crippen LogP contribution in [0.25, 0.3) is 10.9 Å². The zero-order valence-electron chi connectivity index (χ0n) is 7.71. The summed E-state index contributed by atoms with van der Waals surface area (Å²) in [6.45, 7) is 2.01. The molecule has 1 heterocycles. The molecule has 3 heteroatoms. The minimum Gasteiger partial charge on any atom is -0.268 e. The van der Waals surface area contributed by atoms with Crippen molar-refractivity contribution in [2.75, 3.05) is 0 Å². The van der Waals surface area contributed by atoms with Crippen molar-refractivity contribution in [1.29, 1.82) is 0 Å². The van der Waals surface area contributed by atoms with E-state index < -0.39 is 0 Å². The minimum atomic E-state index is -0.178. The molecule has 13 heavy (non-hydrogen) atoms. The van der Waals surface area contributed by atoms with E-state index in [9.17, 15) is 4.39 Å². The molecule has 0 saturated carbocycles. The van der Waals surface area contributed by atoms with Crippen LogP contribution in [0.15, 0.2) is 18.3 Å². The molecule has 2 nitrogen and oxygen atoms in total. The lowest BCUT2D eigenvalue weighted by atomic mass is 10.1. The number of halogens is 1. The van der Waals surface area contributed by atoms with E-state index in [0.717, 1.165) is 17.5 Å². The number of nitrogens with zero attached hydrogens (tertiary/aromatic N) is 2. The van der Waals surface area contributed by atoms with E-state index in [1.807, 2.05) is 20.0 Å². The molecule has 0 unspecified atom stereocenters. The Kier molecular flexibility index (Phi) is 1.79. The van der Waals surface area contributed by atoms with Gasteiger partial charge >= 0.3 is 0 Å². The van der Waals surface area contributed by atoms with Gasteiger partial charge in [-0.15, -0.1) is 0 Å². The highest BCUT2D eigenvalue weighted by molar-refractivity contribution is 5.79. The van der Waals surface area contributed by atoms with Gasteiger partial charge in [0.05, 0.1) is 17.1 Å². The molecule has 1 aromatic carbocycles. The Bertz CT molecular complexity index is 445. The predicted molar refractivity (Wildman–Crippen MR) is 50.1 cm³/mol. The molecule has 2 rings (SSSR count). The summed E-state index contributed by atoms with van der Waals surface area (Å²) in [6.07, 6.45) is 2.40. The van der Waals surface area contributed by atoms with Crippen LogP contribution in [0, 0.1) is 5.82 Å². The highest BCUT2D eigenvalue weighted by Gasteiger charge is 2.06. The van der Waals surface area contributed by atoms with Crippen molar-refractivity contribution in [3.63, 3.8) is 0 Å². The topological polar surface area (TPSA) is 17.8 Å². The van der Waals surface area contributed by atoms with Gasteiger partial charge in [-0.25, -0.2) is 4.39 Å². The molecular weight excluding hydrogens is 167 g/mol. The molecule has 0 atom stereocenters. The van der Waals surface area contributed by atoms with Crippen LogP contribution in [0.5, 0.6) is 0 Å². The molecule has 0 aliphatic rings. The van der Waals surface area contributed by atoms with E-state index in [2.05, 4.69) is 5.10 Å². The lowest BCUT2D eigenvalue weighted by Crippen LogP contribution is -1.91. The molecule has 0 saturated heterocycles. The zero-order chi connectivity index (χ0) is 9.42. The highest BCUT2D eigenvalue weighted by atomic mass is 19.1. The third kappa shape index (κ3) is 1.20. The maximum absolute atomic E-state index is 13.4. The van der Waals surface area contributed by atoms with E-state index in [1.165, 1.54) is 0 Å². The van der Waals surface area contributed by atoms with Crippen LogP contribution in [0.2, 0.25) is 0 Å². The number of fused-ring (bicyclic) bond motifs is 1. The van der Waals surface area contributed by atoms with E-state index in [1.54, 1.807) is 16.9 Å². The first-order chi connectivity index (χ1) is 6.22. The van der Waals surface area contributed by atoms with Crippen molar-refractivity contribution in [2.24, 2.45) is 7.05 Å². The molecule has 0 radical (unpaired) electrons. The zero-order valence-corrected chi connectivity index (χ0v) is 7.71. The SMILES string of the molecule is CCc1cc(F)c2cnn(C)c2c1. The van der Waals surface area contributed by atoms with E-state index in [-0.39, 0.29) is 5.82 Å². The first-order valence-corrected chi connectivity index (χ1v) is 4.32. The fourth-order valence-electron chi connectivity index (χ4n) is 1.46. The van der Waals surface area contributed by atoms with Crippen LogP contribution in [-0.2, 0) is 13.5 Å². The van der Waals surface area contributed by atoms with Gasteiger partial charge in [0.25, 0.3) is 0 Å². The summed E-state index contributed by atoms with van der Waals surface area (Å²) < 4.78 is 15.1. The molecule has 0 bridgehead atoms. The summed E-state index contributed by atoms with van der Waals surface area (Å²) in [5.74, 6) is -0.178. The van der Waals surface area contributed by atoms with Gasteiger partial charge in [-0.1, -0.05) is 6.92 Å². The summed E-state index contributed by atoms with van der Waals surface area (Å²) in [5.41, 5.74) is 1.87. The number of hydrogen-bond acceptors (Lipinski definition) is 1. The molecule has 1 aromatic heterocycles. The second-order valence-corrected chi connectivity index (χ2v) is 3.13. The van der Waals surface area contributed by atoms with Crippen molar-refractivity contribution in [1.82, 2.24) is 9.78 Å². The fraction of sp³-hybridized carbons (Fsp3) is 0.300. The maximum atomic E-state index is 13.4. The predicted octanol–water partition coefficient (Wildman–Crippen LogP) is 2.27. The van der Waals surface area contributed by atoms with Crippen molar-refractivity contribution < 1.29 is 4.39 Å². The lowest BCUT2D eigenvalue weighted by molar-refractivity contribution is 0.638. The Morgan fingerprint density at radius 3 is 2.92 bits per heavy atom. The van der Waals surface area contributed by atoms with E-state index in [0.29, 0.717) is 5.39 Å². The van der Waals surface area contributed by atoms with Crippen LogP contribution in [-0.4, -0.2) is 9.78 Å².